The van der Waals surface area contributed by atoms with Gasteiger partial charge in [0.25, 0.3) is 0 Å². The summed E-state index contributed by atoms with van der Waals surface area (Å²) in [6.45, 7) is 1.59. The zero-order valence-corrected chi connectivity index (χ0v) is 7.80. The van der Waals surface area contributed by atoms with Crippen LogP contribution in [0, 0.1) is 0 Å². The molecule has 0 bridgehead atoms. The van der Waals surface area contributed by atoms with Gasteiger partial charge in [0.15, 0.2) is 0 Å². The predicted molar refractivity (Wildman–Crippen MR) is 48.8 cm³/mol. The van der Waals surface area contributed by atoms with Crippen LogP contribution in [0.25, 0.3) is 0 Å². The first-order valence-corrected chi connectivity index (χ1v) is 4.78. The minimum absolute atomic E-state index is 0.464. The number of nitrogens with two attached hydrogens (primary N) is 1. The van der Waals surface area contributed by atoms with E-state index in [1.165, 1.54) is 6.42 Å². The lowest BCUT2D eigenvalue weighted by Gasteiger charge is -2.20. The molecule has 1 aliphatic heterocycles. The van der Waals surface area contributed by atoms with Crippen LogP contribution in [-0.2, 0) is 0 Å². The highest BCUT2D eigenvalue weighted by Crippen LogP contribution is 2.21. The number of halogens is 1. The van der Waals surface area contributed by atoms with Crippen LogP contribution in [0.5, 0.6) is 0 Å². The van der Waals surface area contributed by atoms with Gasteiger partial charge in [0, 0.05) is 6.04 Å². The Balaban J connectivity index is 2.20. The first-order chi connectivity index (χ1) is 5.74. The van der Waals surface area contributed by atoms with Crippen molar-refractivity contribution in [3.05, 3.63) is 0 Å². The van der Waals surface area contributed by atoms with Crippen molar-refractivity contribution in [1.29, 1.82) is 0 Å². The lowest BCUT2D eigenvalue weighted by Crippen LogP contribution is -2.28. The van der Waals surface area contributed by atoms with Gasteiger partial charge in [-0.15, -0.1) is 0 Å². The van der Waals surface area contributed by atoms with Crippen molar-refractivity contribution >= 4 is 0 Å². The van der Waals surface area contributed by atoms with Crippen molar-refractivity contribution in [3.63, 3.8) is 0 Å². The van der Waals surface area contributed by atoms with Crippen LogP contribution in [0.15, 0.2) is 0 Å². The van der Waals surface area contributed by atoms with Gasteiger partial charge in [0.1, 0.15) is 6.17 Å². The van der Waals surface area contributed by atoms with Crippen molar-refractivity contribution in [2.45, 2.75) is 37.9 Å². The molecule has 1 fully saturated rings. The fourth-order valence-corrected chi connectivity index (χ4v) is 1.87. The molecule has 3 heteroatoms. The second-order valence-electron chi connectivity index (χ2n) is 3.69. The van der Waals surface area contributed by atoms with Crippen molar-refractivity contribution < 1.29 is 4.39 Å². The minimum atomic E-state index is -0.694. The Kier molecular flexibility index (Phi) is 3.95. The molecule has 1 saturated heterocycles. The molecule has 12 heavy (non-hydrogen) atoms. The Morgan fingerprint density at radius 3 is 2.92 bits per heavy atom. The summed E-state index contributed by atoms with van der Waals surface area (Å²) in [5.74, 6) is 0. The van der Waals surface area contributed by atoms with Gasteiger partial charge in [-0.25, -0.2) is 4.39 Å². The summed E-state index contributed by atoms with van der Waals surface area (Å²) in [6.07, 6.45) is 2.87. The monoisotopic (exact) mass is 174 g/mol. The SMILES string of the molecule is CN1CCCC1CC(F)CCN. The summed E-state index contributed by atoms with van der Waals surface area (Å²) in [6, 6.07) is 0.464. The molecule has 2 atom stereocenters. The predicted octanol–water partition coefficient (Wildman–Crippen LogP) is 1.16. The summed E-state index contributed by atoms with van der Waals surface area (Å²) in [5.41, 5.74) is 5.28. The summed E-state index contributed by atoms with van der Waals surface area (Å²) in [5, 5.41) is 0. The summed E-state index contributed by atoms with van der Waals surface area (Å²) < 4.78 is 13.1. The van der Waals surface area contributed by atoms with Crippen molar-refractivity contribution in [3.8, 4) is 0 Å². The average molecular weight is 174 g/mol. The van der Waals surface area contributed by atoms with Gasteiger partial charge in [-0.1, -0.05) is 0 Å². The van der Waals surface area contributed by atoms with E-state index >= 15 is 0 Å². The van der Waals surface area contributed by atoms with E-state index in [1.807, 2.05) is 0 Å². The highest BCUT2D eigenvalue weighted by Gasteiger charge is 2.23. The standard InChI is InChI=1S/C9H19FN2/c1-12-6-2-3-9(12)7-8(10)4-5-11/h8-9H,2-7,11H2,1H3. The molecule has 2 N–H and O–H groups in total. The lowest BCUT2D eigenvalue weighted by atomic mass is 10.1. The van der Waals surface area contributed by atoms with E-state index in [4.69, 9.17) is 5.73 Å². The van der Waals surface area contributed by atoms with Crippen molar-refractivity contribution in [2.24, 2.45) is 5.73 Å². The molecule has 0 aromatic carbocycles. The first-order valence-electron chi connectivity index (χ1n) is 4.78. The number of hydrogen-bond acceptors (Lipinski definition) is 2. The summed E-state index contributed by atoms with van der Waals surface area (Å²) in [7, 11) is 2.08. The van der Waals surface area contributed by atoms with Gasteiger partial charge in [-0.05, 0) is 45.8 Å². The maximum absolute atomic E-state index is 13.1. The molecular weight excluding hydrogens is 155 g/mol. The van der Waals surface area contributed by atoms with Gasteiger partial charge >= 0.3 is 0 Å². The zero-order valence-electron chi connectivity index (χ0n) is 7.80. The molecule has 72 valence electrons. The van der Waals surface area contributed by atoms with Crippen LogP contribution in [0.3, 0.4) is 0 Å². The fraction of sp³-hybridized carbons (Fsp3) is 1.00. The second-order valence-corrected chi connectivity index (χ2v) is 3.69. The molecule has 0 aromatic rings. The fourth-order valence-electron chi connectivity index (χ4n) is 1.87. The highest BCUT2D eigenvalue weighted by atomic mass is 19.1. The topological polar surface area (TPSA) is 29.3 Å². The van der Waals surface area contributed by atoms with Gasteiger partial charge in [-0.2, -0.15) is 0 Å². The van der Waals surface area contributed by atoms with E-state index in [9.17, 15) is 4.39 Å². The molecule has 1 aliphatic rings. The maximum Gasteiger partial charge on any atom is 0.103 e. The van der Waals surface area contributed by atoms with Crippen molar-refractivity contribution in [1.82, 2.24) is 4.90 Å². The van der Waals surface area contributed by atoms with Crippen LogP contribution in [0.4, 0.5) is 4.39 Å². The molecule has 2 unspecified atom stereocenters. The molecule has 1 heterocycles. The third-order valence-corrected chi connectivity index (χ3v) is 2.68. The van der Waals surface area contributed by atoms with E-state index in [0.717, 1.165) is 13.0 Å². The van der Waals surface area contributed by atoms with Gasteiger partial charge in [0.2, 0.25) is 0 Å². The Labute approximate surface area is 73.9 Å². The minimum Gasteiger partial charge on any atom is -0.330 e. The lowest BCUT2D eigenvalue weighted by molar-refractivity contribution is 0.212. The largest absolute Gasteiger partial charge is 0.330 e. The molecule has 2 nitrogen and oxygen atoms in total. The summed E-state index contributed by atoms with van der Waals surface area (Å²) in [4.78, 5) is 2.25. The van der Waals surface area contributed by atoms with E-state index in [1.54, 1.807) is 0 Å². The molecule has 0 spiro atoms. The quantitative estimate of drug-likeness (QED) is 0.693. The van der Waals surface area contributed by atoms with Crippen LogP contribution in [0.2, 0.25) is 0 Å². The van der Waals surface area contributed by atoms with E-state index in [2.05, 4.69) is 11.9 Å². The molecule has 0 amide bonds. The maximum atomic E-state index is 13.1. The van der Waals surface area contributed by atoms with E-state index < -0.39 is 6.17 Å². The second kappa shape index (κ2) is 4.77. The zero-order chi connectivity index (χ0) is 8.97. The van der Waals surface area contributed by atoms with Gasteiger partial charge in [-0.3, -0.25) is 0 Å². The van der Waals surface area contributed by atoms with Gasteiger partial charge in [0.05, 0.1) is 0 Å². The normalized spacial score (nSPS) is 27.8. The number of hydrogen-bond donors (Lipinski definition) is 1. The number of nitrogens with zero attached hydrogens (tertiary/aromatic N) is 1. The Morgan fingerprint density at radius 2 is 2.42 bits per heavy atom. The average Bonchev–Trinajstić information content (AvgIpc) is 2.37. The first kappa shape index (κ1) is 9.93. The third-order valence-electron chi connectivity index (χ3n) is 2.68. The summed E-state index contributed by atoms with van der Waals surface area (Å²) >= 11 is 0. The van der Waals surface area contributed by atoms with E-state index in [0.29, 0.717) is 25.4 Å². The number of rotatable bonds is 4. The molecular formula is C9H19FN2. The van der Waals surface area contributed by atoms with Crippen LogP contribution in [0.1, 0.15) is 25.7 Å². The molecule has 0 saturated carbocycles. The Bertz CT molecular complexity index is 130. The highest BCUT2D eigenvalue weighted by molar-refractivity contribution is 4.78. The molecule has 0 radical (unpaired) electrons. The Morgan fingerprint density at radius 1 is 1.67 bits per heavy atom. The van der Waals surface area contributed by atoms with E-state index in [-0.39, 0.29) is 0 Å². The number of likely N-dealkylation sites (tertiary alicyclic amines) is 1. The molecule has 0 aromatic heterocycles. The van der Waals surface area contributed by atoms with Gasteiger partial charge < -0.3 is 10.6 Å². The smallest absolute Gasteiger partial charge is 0.103 e. The number of alkyl halides is 1. The van der Waals surface area contributed by atoms with Crippen LogP contribution in [-0.4, -0.2) is 37.3 Å². The molecule has 0 aliphatic carbocycles. The third kappa shape index (κ3) is 2.72. The van der Waals surface area contributed by atoms with Crippen molar-refractivity contribution in [2.75, 3.05) is 20.1 Å². The Hall–Kier alpha value is -0.150. The van der Waals surface area contributed by atoms with Crippen LogP contribution < -0.4 is 5.73 Å². The molecule has 1 rings (SSSR count). The van der Waals surface area contributed by atoms with Crippen LogP contribution >= 0.6 is 0 Å².